The molecule has 4 heteroatoms. The summed E-state index contributed by atoms with van der Waals surface area (Å²) < 4.78 is 15.8. The minimum absolute atomic E-state index is 0.240. The predicted molar refractivity (Wildman–Crippen MR) is 44.6 cm³/mol. The Hall–Kier alpha value is -0.610. The summed E-state index contributed by atoms with van der Waals surface area (Å²) in [5, 5.41) is 0. The lowest BCUT2D eigenvalue weighted by Gasteiger charge is -2.04. The van der Waals surface area contributed by atoms with Crippen molar-refractivity contribution in [1.82, 2.24) is 0 Å². The molecule has 0 saturated carbocycles. The number of nitrogens with two attached hydrogens (primary N) is 1. The van der Waals surface area contributed by atoms with Gasteiger partial charge in [0.2, 0.25) is 0 Å². The van der Waals surface area contributed by atoms with E-state index >= 15 is 0 Å². The molecule has 0 aromatic carbocycles. The average Bonchev–Trinajstić information content (AvgIpc) is 2.35. The van der Waals surface area contributed by atoms with Crippen molar-refractivity contribution in [1.29, 1.82) is 0 Å². The van der Waals surface area contributed by atoms with Crippen LogP contribution in [0.15, 0.2) is 22.8 Å². The van der Waals surface area contributed by atoms with Gasteiger partial charge in [0.05, 0.1) is 12.3 Å². The first-order valence-corrected chi connectivity index (χ1v) is 5.02. The molecular formula is C7H11NO2S. The van der Waals surface area contributed by atoms with E-state index in [1.807, 2.05) is 0 Å². The molecule has 0 spiro atoms. The molecule has 2 atom stereocenters. The molecule has 1 heterocycles. The second-order valence-electron chi connectivity index (χ2n) is 2.36. The molecule has 0 fully saturated rings. The average molecular weight is 173 g/mol. The van der Waals surface area contributed by atoms with E-state index < -0.39 is 10.8 Å². The van der Waals surface area contributed by atoms with Crippen molar-refractivity contribution >= 4 is 10.8 Å². The maximum Gasteiger partial charge on any atom is 0.121 e. The Morgan fingerprint density at radius 2 is 2.55 bits per heavy atom. The van der Waals surface area contributed by atoms with Crippen molar-refractivity contribution < 1.29 is 8.63 Å². The van der Waals surface area contributed by atoms with Gasteiger partial charge in [-0.15, -0.1) is 0 Å². The normalized spacial score (nSPS) is 16.2. The number of rotatable bonds is 3. The van der Waals surface area contributed by atoms with Gasteiger partial charge in [-0.2, -0.15) is 0 Å². The van der Waals surface area contributed by atoms with Crippen LogP contribution in [0.5, 0.6) is 0 Å². The Balaban J connectivity index is 2.56. The van der Waals surface area contributed by atoms with Gasteiger partial charge in [0, 0.05) is 22.8 Å². The zero-order valence-electron chi connectivity index (χ0n) is 6.32. The Labute approximate surface area is 68.0 Å². The zero-order chi connectivity index (χ0) is 8.27. The summed E-state index contributed by atoms with van der Waals surface area (Å²) >= 11 is 0. The molecule has 0 saturated heterocycles. The lowest BCUT2D eigenvalue weighted by molar-refractivity contribution is 0.481. The summed E-state index contributed by atoms with van der Waals surface area (Å²) in [6.45, 7) is 0. The van der Waals surface area contributed by atoms with Crippen LogP contribution in [0.1, 0.15) is 11.8 Å². The first kappa shape index (κ1) is 8.49. The van der Waals surface area contributed by atoms with Gasteiger partial charge >= 0.3 is 0 Å². The van der Waals surface area contributed by atoms with Crippen LogP contribution in [0.25, 0.3) is 0 Å². The molecule has 3 nitrogen and oxygen atoms in total. The SMILES string of the molecule is CS(=O)CC(N)c1ccco1. The largest absolute Gasteiger partial charge is 0.468 e. The Morgan fingerprint density at radius 1 is 1.82 bits per heavy atom. The molecule has 0 amide bonds. The molecule has 0 aliphatic heterocycles. The van der Waals surface area contributed by atoms with Gasteiger partial charge in [0.25, 0.3) is 0 Å². The minimum atomic E-state index is -0.865. The van der Waals surface area contributed by atoms with E-state index in [1.165, 1.54) is 0 Å². The van der Waals surface area contributed by atoms with Gasteiger partial charge in [-0.3, -0.25) is 4.21 Å². The fraction of sp³-hybridized carbons (Fsp3) is 0.429. The van der Waals surface area contributed by atoms with E-state index in [1.54, 1.807) is 24.7 Å². The molecular weight excluding hydrogens is 162 g/mol. The quantitative estimate of drug-likeness (QED) is 0.730. The van der Waals surface area contributed by atoms with Crippen molar-refractivity contribution in [3.05, 3.63) is 24.2 Å². The van der Waals surface area contributed by atoms with Crippen molar-refractivity contribution in [3.63, 3.8) is 0 Å². The molecule has 1 aromatic rings. The third kappa shape index (κ3) is 2.48. The highest BCUT2D eigenvalue weighted by molar-refractivity contribution is 7.84. The van der Waals surface area contributed by atoms with Gasteiger partial charge in [-0.1, -0.05) is 0 Å². The highest BCUT2D eigenvalue weighted by Gasteiger charge is 2.09. The van der Waals surface area contributed by atoms with Crippen molar-refractivity contribution in [2.75, 3.05) is 12.0 Å². The number of furan rings is 1. The van der Waals surface area contributed by atoms with Gasteiger partial charge in [-0.05, 0) is 12.1 Å². The van der Waals surface area contributed by atoms with Crippen molar-refractivity contribution in [2.45, 2.75) is 6.04 Å². The highest BCUT2D eigenvalue weighted by Crippen LogP contribution is 2.10. The van der Waals surface area contributed by atoms with Gasteiger partial charge < -0.3 is 10.2 Å². The van der Waals surface area contributed by atoms with Crippen molar-refractivity contribution in [2.24, 2.45) is 5.73 Å². The first-order valence-electron chi connectivity index (χ1n) is 3.29. The molecule has 2 unspecified atom stereocenters. The van der Waals surface area contributed by atoms with Gasteiger partial charge in [0.1, 0.15) is 5.76 Å². The third-order valence-corrected chi connectivity index (χ3v) is 2.15. The Morgan fingerprint density at radius 3 is 3.00 bits per heavy atom. The smallest absolute Gasteiger partial charge is 0.121 e. The Kier molecular flexibility index (Phi) is 2.84. The molecule has 1 aromatic heterocycles. The van der Waals surface area contributed by atoms with Crippen LogP contribution in [-0.2, 0) is 10.8 Å². The fourth-order valence-corrected chi connectivity index (χ4v) is 1.51. The molecule has 1 rings (SSSR count). The summed E-state index contributed by atoms with van der Waals surface area (Å²) in [6, 6.07) is 3.32. The topological polar surface area (TPSA) is 56.2 Å². The second-order valence-corrected chi connectivity index (χ2v) is 3.84. The van der Waals surface area contributed by atoms with Crippen LogP contribution in [0, 0.1) is 0 Å². The minimum Gasteiger partial charge on any atom is -0.468 e. The molecule has 2 N–H and O–H groups in total. The van der Waals surface area contributed by atoms with E-state index in [2.05, 4.69) is 0 Å². The molecule has 0 radical (unpaired) electrons. The summed E-state index contributed by atoms with van der Waals surface area (Å²) in [6.07, 6.45) is 3.19. The van der Waals surface area contributed by atoms with Gasteiger partial charge in [0.15, 0.2) is 0 Å². The summed E-state index contributed by atoms with van der Waals surface area (Å²) in [7, 11) is -0.865. The van der Waals surface area contributed by atoms with Crippen LogP contribution in [-0.4, -0.2) is 16.2 Å². The van der Waals surface area contributed by atoms with Crippen LogP contribution in [0.2, 0.25) is 0 Å². The summed E-state index contributed by atoms with van der Waals surface area (Å²) in [5.74, 6) is 1.15. The third-order valence-electron chi connectivity index (χ3n) is 1.32. The van der Waals surface area contributed by atoms with Crippen LogP contribution >= 0.6 is 0 Å². The molecule has 0 aliphatic carbocycles. The number of hydrogen-bond donors (Lipinski definition) is 1. The number of hydrogen-bond acceptors (Lipinski definition) is 3. The molecule has 62 valence electrons. The highest BCUT2D eigenvalue weighted by atomic mass is 32.2. The molecule has 11 heavy (non-hydrogen) atoms. The standard InChI is InChI=1S/C7H11NO2S/c1-11(9)5-6(8)7-3-2-4-10-7/h2-4,6H,5,8H2,1H3. The first-order chi connectivity index (χ1) is 5.20. The second kappa shape index (κ2) is 3.69. The maximum absolute atomic E-state index is 10.7. The lowest BCUT2D eigenvalue weighted by Crippen LogP contribution is -2.16. The summed E-state index contributed by atoms with van der Waals surface area (Å²) in [4.78, 5) is 0. The van der Waals surface area contributed by atoms with E-state index in [4.69, 9.17) is 10.2 Å². The zero-order valence-corrected chi connectivity index (χ0v) is 7.14. The predicted octanol–water partition coefficient (Wildman–Crippen LogP) is 0.658. The monoisotopic (exact) mass is 173 g/mol. The van der Waals surface area contributed by atoms with Crippen LogP contribution in [0.4, 0.5) is 0 Å². The Bertz CT molecular complexity index is 233. The van der Waals surface area contributed by atoms with Gasteiger partial charge in [-0.25, -0.2) is 0 Å². The van der Waals surface area contributed by atoms with E-state index in [0.29, 0.717) is 11.5 Å². The molecule has 0 bridgehead atoms. The van der Waals surface area contributed by atoms with Crippen LogP contribution < -0.4 is 5.73 Å². The van der Waals surface area contributed by atoms with E-state index in [9.17, 15) is 4.21 Å². The lowest BCUT2D eigenvalue weighted by atomic mass is 10.3. The maximum atomic E-state index is 10.7. The van der Waals surface area contributed by atoms with Crippen LogP contribution in [0.3, 0.4) is 0 Å². The summed E-state index contributed by atoms with van der Waals surface area (Å²) in [5.41, 5.74) is 5.65. The molecule has 0 aliphatic rings. The van der Waals surface area contributed by atoms with E-state index in [0.717, 1.165) is 0 Å². The van der Waals surface area contributed by atoms with E-state index in [-0.39, 0.29) is 6.04 Å². The fourth-order valence-electron chi connectivity index (χ4n) is 0.837. The van der Waals surface area contributed by atoms with Crippen molar-refractivity contribution in [3.8, 4) is 0 Å².